The van der Waals surface area contributed by atoms with Gasteiger partial charge in [0.15, 0.2) is 11.5 Å². The van der Waals surface area contributed by atoms with Crippen molar-refractivity contribution in [1.82, 2.24) is 5.43 Å². The highest BCUT2D eigenvalue weighted by Gasteiger charge is 2.07. The van der Waals surface area contributed by atoms with Gasteiger partial charge in [-0.2, -0.15) is 5.10 Å². The van der Waals surface area contributed by atoms with Crippen LogP contribution in [0.1, 0.15) is 19.4 Å². The molecule has 0 spiro atoms. The summed E-state index contributed by atoms with van der Waals surface area (Å²) in [5, 5.41) is 7.17. The molecule has 0 aliphatic heterocycles. The molecule has 2 N–H and O–H groups in total. The molecule has 0 saturated carbocycles. The third-order valence-corrected chi connectivity index (χ3v) is 3.28. The zero-order valence-corrected chi connectivity index (χ0v) is 15.0. The highest BCUT2D eigenvalue weighted by atomic mass is 35.5. The van der Waals surface area contributed by atoms with Gasteiger partial charge in [0.1, 0.15) is 0 Å². The molecule has 0 aromatic heterocycles. The van der Waals surface area contributed by atoms with Gasteiger partial charge in [0.25, 0.3) is 0 Å². The lowest BCUT2D eigenvalue weighted by molar-refractivity contribution is 0.230. The van der Waals surface area contributed by atoms with Crippen molar-refractivity contribution in [1.29, 1.82) is 0 Å². The molecule has 0 heterocycles. The van der Waals surface area contributed by atoms with Crippen molar-refractivity contribution < 1.29 is 14.3 Å². The van der Waals surface area contributed by atoms with Gasteiger partial charge in [-0.1, -0.05) is 11.6 Å². The van der Waals surface area contributed by atoms with Gasteiger partial charge in [-0.3, -0.25) is 0 Å². The van der Waals surface area contributed by atoms with Gasteiger partial charge in [0.05, 0.1) is 19.4 Å². The van der Waals surface area contributed by atoms with Crippen molar-refractivity contribution in [3.05, 3.63) is 53.1 Å². The number of amides is 2. The summed E-state index contributed by atoms with van der Waals surface area (Å²) in [6.07, 6.45) is 1.54. The smallest absolute Gasteiger partial charge is 0.339 e. The van der Waals surface area contributed by atoms with Gasteiger partial charge in [0.2, 0.25) is 0 Å². The second-order valence-corrected chi connectivity index (χ2v) is 5.84. The molecular weight excluding hydrogens is 342 g/mol. The lowest BCUT2D eigenvalue weighted by Crippen LogP contribution is -2.24. The number of nitrogens with one attached hydrogen (secondary N) is 2. The molecule has 132 valence electrons. The van der Waals surface area contributed by atoms with E-state index in [1.54, 1.807) is 43.5 Å². The number of anilines is 1. The molecule has 2 amide bonds. The van der Waals surface area contributed by atoms with Gasteiger partial charge < -0.3 is 14.8 Å². The second-order valence-electron chi connectivity index (χ2n) is 5.41. The Morgan fingerprint density at radius 1 is 1.16 bits per heavy atom. The van der Waals surface area contributed by atoms with Crippen molar-refractivity contribution in [3.8, 4) is 11.5 Å². The van der Waals surface area contributed by atoms with Crippen LogP contribution in [0, 0.1) is 0 Å². The van der Waals surface area contributed by atoms with Crippen LogP contribution in [0.5, 0.6) is 11.5 Å². The van der Waals surface area contributed by atoms with Crippen molar-refractivity contribution in [2.24, 2.45) is 5.10 Å². The Bertz CT molecular complexity index is 746. The number of benzene rings is 2. The maximum atomic E-state index is 11.8. The van der Waals surface area contributed by atoms with Crippen LogP contribution in [-0.2, 0) is 0 Å². The fourth-order valence-electron chi connectivity index (χ4n) is 1.98. The number of hydrogen-bond donors (Lipinski definition) is 2. The average molecular weight is 362 g/mol. The Morgan fingerprint density at radius 2 is 1.88 bits per heavy atom. The van der Waals surface area contributed by atoms with E-state index in [4.69, 9.17) is 21.1 Å². The van der Waals surface area contributed by atoms with Crippen LogP contribution in [0.4, 0.5) is 10.5 Å². The van der Waals surface area contributed by atoms with Crippen LogP contribution in [0.15, 0.2) is 47.6 Å². The fourth-order valence-corrected chi connectivity index (χ4v) is 2.10. The third-order valence-electron chi connectivity index (χ3n) is 3.03. The molecule has 0 fully saturated rings. The summed E-state index contributed by atoms with van der Waals surface area (Å²) in [6, 6.07) is 11.7. The zero-order chi connectivity index (χ0) is 18.2. The van der Waals surface area contributed by atoms with E-state index in [0.29, 0.717) is 22.2 Å². The predicted octanol–water partition coefficient (Wildman–Crippen LogP) is 4.29. The van der Waals surface area contributed by atoms with E-state index in [1.165, 1.54) is 6.21 Å². The number of halogens is 1. The lowest BCUT2D eigenvalue weighted by Gasteiger charge is -2.13. The van der Waals surface area contributed by atoms with E-state index >= 15 is 0 Å². The average Bonchev–Trinajstić information content (AvgIpc) is 2.57. The minimum atomic E-state index is -0.453. The Morgan fingerprint density at radius 3 is 2.52 bits per heavy atom. The first-order valence-corrected chi connectivity index (χ1v) is 8.06. The second kappa shape index (κ2) is 8.94. The van der Waals surface area contributed by atoms with Gasteiger partial charge in [0, 0.05) is 10.7 Å². The molecule has 0 bridgehead atoms. The van der Waals surface area contributed by atoms with Crippen molar-refractivity contribution in [2.45, 2.75) is 20.0 Å². The number of methoxy groups -OCH3 is 1. The summed E-state index contributed by atoms with van der Waals surface area (Å²) >= 11 is 5.79. The maximum Gasteiger partial charge on any atom is 0.339 e. The summed E-state index contributed by atoms with van der Waals surface area (Å²) < 4.78 is 11.0. The number of carbonyl (C=O) groups is 1. The van der Waals surface area contributed by atoms with E-state index in [1.807, 2.05) is 19.9 Å². The van der Waals surface area contributed by atoms with E-state index in [9.17, 15) is 4.79 Å². The topological polar surface area (TPSA) is 72.0 Å². The number of nitrogens with zero attached hydrogens (tertiary/aromatic N) is 1. The Balaban J connectivity index is 1.96. The lowest BCUT2D eigenvalue weighted by atomic mass is 10.2. The minimum Gasteiger partial charge on any atom is -0.493 e. The standard InChI is InChI=1S/C18H20ClN3O3/c1-12(2)25-17-10-13(4-9-16(17)24-3)11-20-22-18(23)21-15-7-5-14(19)6-8-15/h4-12H,1-3H3,(H2,21,22,23)/b20-11-. The van der Waals surface area contributed by atoms with E-state index in [2.05, 4.69) is 15.8 Å². The number of carbonyl (C=O) groups excluding carboxylic acids is 1. The summed E-state index contributed by atoms with van der Waals surface area (Å²) in [5.74, 6) is 1.26. The Labute approximate surface area is 151 Å². The molecule has 25 heavy (non-hydrogen) atoms. The molecule has 6 nitrogen and oxygen atoms in total. The number of hydrogen-bond acceptors (Lipinski definition) is 4. The molecule has 0 aliphatic carbocycles. The first kappa shape index (κ1) is 18.6. The number of ether oxygens (including phenoxy) is 2. The van der Waals surface area contributed by atoms with Gasteiger partial charge >= 0.3 is 6.03 Å². The number of urea groups is 1. The highest BCUT2D eigenvalue weighted by molar-refractivity contribution is 6.30. The van der Waals surface area contributed by atoms with Crippen molar-refractivity contribution >= 4 is 29.5 Å². The normalized spacial score (nSPS) is 10.8. The Kier molecular flexibility index (Phi) is 6.65. The van der Waals surface area contributed by atoms with Gasteiger partial charge in [-0.05, 0) is 61.9 Å². The van der Waals surface area contributed by atoms with Crippen LogP contribution in [0.25, 0.3) is 0 Å². The quantitative estimate of drug-likeness (QED) is 0.595. The van der Waals surface area contributed by atoms with E-state index in [-0.39, 0.29) is 6.10 Å². The van der Waals surface area contributed by atoms with E-state index in [0.717, 1.165) is 5.56 Å². The van der Waals surface area contributed by atoms with Gasteiger partial charge in [-0.15, -0.1) is 0 Å². The molecule has 7 heteroatoms. The molecule has 0 atom stereocenters. The summed E-state index contributed by atoms with van der Waals surface area (Å²) in [6.45, 7) is 3.87. The minimum absolute atomic E-state index is 0.0179. The fraction of sp³-hybridized carbons (Fsp3) is 0.222. The van der Waals surface area contributed by atoms with Crippen LogP contribution >= 0.6 is 11.6 Å². The molecule has 0 radical (unpaired) electrons. The highest BCUT2D eigenvalue weighted by Crippen LogP contribution is 2.28. The predicted molar refractivity (Wildman–Crippen MR) is 100.0 cm³/mol. The summed E-state index contributed by atoms with van der Waals surface area (Å²) in [5.41, 5.74) is 3.78. The summed E-state index contributed by atoms with van der Waals surface area (Å²) in [4.78, 5) is 11.8. The molecule has 0 aliphatic rings. The maximum absolute atomic E-state index is 11.8. The first-order valence-electron chi connectivity index (χ1n) is 7.68. The zero-order valence-electron chi connectivity index (χ0n) is 14.2. The van der Waals surface area contributed by atoms with Crippen LogP contribution in [-0.4, -0.2) is 25.5 Å². The monoisotopic (exact) mass is 361 g/mol. The van der Waals surface area contributed by atoms with Crippen molar-refractivity contribution in [2.75, 3.05) is 12.4 Å². The first-order chi connectivity index (χ1) is 12.0. The molecule has 2 aromatic rings. The number of rotatable bonds is 6. The van der Waals surface area contributed by atoms with E-state index < -0.39 is 6.03 Å². The summed E-state index contributed by atoms with van der Waals surface area (Å²) in [7, 11) is 1.58. The SMILES string of the molecule is COc1ccc(/C=N\NC(=O)Nc2ccc(Cl)cc2)cc1OC(C)C. The molecule has 2 aromatic carbocycles. The molecule has 0 unspecified atom stereocenters. The molecular formula is C18H20ClN3O3. The van der Waals surface area contributed by atoms with Crippen LogP contribution < -0.4 is 20.2 Å². The Hall–Kier alpha value is -2.73. The van der Waals surface area contributed by atoms with Crippen LogP contribution in [0.2, 0.25) is 5.02 Å². The number of hydrazone groups is 1. The van der Waals surface area contributed by atoms with Gasteiger partial charge in [-0.25, -0.2) is 10.2 Å². The molecule has 2 rings (SSSR count). The molecule has 0 saturated heterocycles. The van der Waals surface area contributed by atoms with Crippen molar-refractivity contribution in [3.63, 3.8) is 0 Å². The third kappa shape index (κ3) is 6.00. The van der Waals surface area contributed by atoms with Crippen LogP contribution in [0.3, 0.4) is 0 Å². The largest absolute Gasteiger partial charge is 0.493 e.